The number of nitrogens with zero attached hydrogens (tertiary/aromatic N) is 2. The van der Waals surface area contributed by atoms with Crippen LogP contribution in [0.1, 0.15) is 23.5 Å². The van der Waals surface area contributed by atoms with E-state index in [0.29, 0.717) is 0 Å². The molecule has 2 aromatic rings. The topological polar surface area (TPSA) is 50.0 Å². The van der Waals surface area contributed by atoms with Crippen LogP contribution in [-0.4, -0.2) is 50.3 Å². The van der Waals surface area contributed by atoms with Crippen LogP contribution in [0.4, 0.5) is 0 Å². The summed E-state index contributed by atoms with van der Waals surface area (Å²) in [5, 5.41) is 5.60. The van der Waals surface area contributed by atoms with Crippen LogP contribution in [0.25, 0.3) is 0 Å². The summed E-state index contributed by atoms with van der Waals surface area (Å²) in [5.74, 6) is 1.94. The summed E-state index contributed by atoms with van der Waals surface area (Å²) in [6.07, 6.45) is 6.14. The van der Waals surface area contributed by atoms with E-state index in [1.165, 1.54) is 4.88 Å². The lowest BCUT2D eigenvalue weighted by Crippen LogP contribution is -2.41. The van der Waals surface area contributed by atoms with Gasteiger partial charge >= 0.3 is 0 Å². The number of aliphatic imine (C=N–C) groups is 1. The first-order chi connectivity index (χ1) is 12.3. The molecule has 0 aromatic carbocycles. The number of ether oxygens (including phenoxy) is 1. The summed E-state index contributed by atoms with van der Waals surface area (Å²) < 4.78 is 11.1. The lowest BCUT2D eigenvalue weighted by atomic mass is 10.2. The minimum Gasteiger partial charge on any atom is -0.469 e. The van der Waals surface area contributed by atoms with Crippen LogP contribution in [0, 0.1) is 0 Å². The lowest BCUT2D eigenvalue weighted by Gasteiger charge is -2.23. The maximum atomic E-state index is 5.70. The van der Waals surface area contributed by atoms with Crippen LogP contribution in [0.15, 0.2) is 45.3 Å². The van der Waals surface area contributed by atoms with Gasteiger partial charge in [-0.05, 0) is 42.8 Å². The van der Waals surface area contributed by atoms with Crippen LogP contribution in [0.2, 0.25) is 0 Å². The Morgan fingerprint density at radius 1 is 1.36 bits per heavy atom. The Balaban J connectivity index is 1.52. The van der Waals surface area contributed by atoms with Crippen molar-refractivity contribution in [3.05, 3.63) is 46.5 Å². The summed E-state index contributed by atoms with van der Waals surface area (Å²) >= 11 is 1.81. The molecular formula is C19H27N3O2S. The van der Waals surface area contributed by atoms with Crippen molar-refractivity contribution in [1.29, 1.82) is 0 Å². The molecule has 6 heteroatoms. The number of guanidine groups is 1. The number of rotatable bonds is 8. The zero-order valence-electron chi connectivity index (χ0n) is 14.8. The Hall–Kier alpha value is -1.79. The van der Waals surface area contributed by atoms with Crippen molar-refractivity contribution in [1.82, 2.24) is 10.2 Å². The zero-order valence-corrected chi connectivity index (χ0v) is 15.6. The van der Waals surface area contributed by atoms with Crippen molar-refractivity contribution in [3.63, 3.8) is 0 Å². The third-order valence-corrected chi connectivity index (χ3v) is 5.27. The lowest BCUT2D eigenvalue weighted by molar-refractivity contribution is 0.117. The molecule has 1 fully saturated rings. The number of thiophene rings is 1. The summed E-state index contributed by atoms with van der Waals surface area (Å²) in [4.78, 5) is 8.41. The second-order valence-electron chi connectivity index (χ2n) is 6.31. The average Bonchev–Trinajstić information content (AvgIpc) is 3.39. The van der Waals surface area contributed by atoms with Crippen molar-refractivity contribution in [2.45, 2.75) is 31.8 Å². The number of nitrogens with one attached hydrogen (secondary N) is 1. The smallest absolute Gasteiger partial charge is 0.193 e. The third kappa shape index (κ3) is 5.90. The third-order valence-electron chi connectivity index (χ3n) is 4.34. The molecular weight excluding hydrogens is 334 g/mol. The van der Waals surface area contributed by atoms with Gasteiger partial charge in [0.2, 0.25) is 0 Å². The second-order valence-corrected chi connectivity index (χ2v) is 7.34. The monoisotopic (exact) mass is 361 g/mol. The molecule has 0 bridgehead atoms. The predicted molar refractivity (Wildman–Crippen MR) is 102 cm³/mol. The Morgan fingerprint density at radius 2 is 2.32 bits per heavy atom. The molecule has 0 spiro atoms. The van der Waals surface area contributed by atoms with Crippen molar-refractivity contribution in [2.24, 2.45) is 4.99 Å². The van der Waals surface area contributed by atoms with Gasteiger partial charge in [0.1, 0.15) is 5.76 Å². The standard InChI is InChI=1S/C19H27N3O2S/c1-22(11-9-18-7-4-14-25-18)19(21-15-17-6-3-13-24-17)20-10-8-16-5-2-12-23-16/h2,4-5,7,12,14,17H,3,6,8-11,13,15H2,1H3,(H,20,21). The van der Waals surface area contributed by atoms with E-state index in [-0.39, 0.29) is 6.10 Å². The maximum Gasteiger partial charge on any atom is 0.193 e. The molecule has 3 heterocycles. The molecule has 0 amide bonds. The van der Waals surface area contributed by atoms with Crippen LogP contribution in [0.3, 0.4) is 0 Å². The molecule has 1 saturated heterocycles. The Morgan fingerprint density at radius 3 is 3.04 bits per heavy atom. The van der Waals surface area contributed by atoms with Gasteiger partial charge in [-0.15, -0.1) is 11.3 Å². The fourth-order valence-electron chi connectivity index (χ4n) is 2.88. The molecule has 0 aliphatic carbocycles. The van der Waals surface area contributed by atoms with Crippen molar-refractivity contribution in [3.8, 4) is 0 Å². The molecule has 3 rings (SSSR count). The maximum absolute atomic E-state index is 5.70. The first-order valence-electron chi connectivity index (χ1n) is 8.97. The number of furan rings is 1. The highest BCUT2D eigenvalue weighted by Gasteiger charge is 2.16. The van der Waals surface area contributed by atoms with Gasteiger partial charge in [0.25, 0.3) is 0 Å². The van der Waals surface area contributed by atoms with Gasteiger partial charge in [0.15, 0.2) is 5.96 Å². The molecule has 0 saturated carbocycles. The van der Waals surface area contributed by atoms with Gasteiger partial charge < -0.3 is 19.4 Å². The molecule has 1 aliphatic heterocycles. The van der Waals surface area contributed by atoms with Gasteiger partial charge in [-0.1, -0.05) is 6.07 Å². The van der Waals surface area contributed by atoms with E-state index in [9.17, 15) is 0 Å². The molecule has 0 radical (unpaired) electrons. The first-order valence-corrected chi connectivity index (χ1v) is 9.85. The molecule has 25 heavy (non-hydrogen) atoms. The van der Waals surface area contributed by atoms with Crippen LogP contribution < -0.4 is 5.32 Å². The van der Waals surface area contributed by atoms with Gasteiger partial charge in [-0.2, -0.15) is 0 Å². The van der Waals surface area contributed by atoms with E-state index in [2.05, 4.69) is 34.8 Å². The van der Waals surface area contributed by atoms with Crippen molar-refractivity contribution < 1.29 is 9.15 Å². The molecule has 5 nitrogen and oxygen atoms in total. The molecule has 1 N–H and O–H groups in total. The van der Waals surface area contributed by atoms with E-state index in [1.54, 1.807) is 6.26 Å². The fraction of sp³-hybridized carbons (Fsp3) is 0.526. The highest BCUT2D eigenvalue weighted by molar-refractivity contribution is 7.09. The zero-order chi connectivity index (χ0) is 17.3. The van der Waals surface area contributed by atoms with Gasteiger partial charge in [-0.25, -0.2) is 0 Å². The molecule has 1 unspecified atom stereocenters. The largest absolute Gasteiger partial charge is 0.469 e. The quantitative estimate of drug-likeness (QED) is 0.579. The summed E-state index contributed by atoms with van der Waals surface area (Å²) in [6, 6.07) is 8.22. The van der Waals surface area contributed by atoms with E-state index >= 15 is 0 Å². The molecule has 2 aromatic heterocycles. The van der Waals surface area contributed by atoms with E-state index in [1.807, 2.05) is 23.5 Å². The predicted octanol–water partition coefficient (Wildman–Crippen LogP) is 3.18. The minimum atomic E-state index is 0.271. The van der Waals surface area contributed by atoms with Crippen LogP contribution in [-0.2, 0) is 17.6 Å². The summed E-state index contributed by atoms with van der Waals surface area (Å²) in [6.45, 7) is 3.35. The first kappa shape index (κ1) is 18.0. The Kier molecular flexibility index (Phi) is 6.94. The van der Waals surface area contributed by atoms with Crippen LogP contribution >= 0.6 is 11.3 Å². The average molecular weight is 362 g/mol. The number of hydrogen-bond donors (Lipinski definition) is 1. The Bertz CT molecular complexity index is 619. The highest BCUT2D eigenvalue weighted by Crippen LogP contribution is 2.12. The van der Waals surface area contributed by atoms with E-state index in [4.69, 9.17) is 14.1 Å². The SMILES string of the molecule is CN(CCc1cccs1)C(=NCC1CCCO1)NCCc1ccco1. The van der Waals surface area contributed by atoms with Gasteiger partial charge in [0.05, 0.1) is 18.9 Å². The van der Waals surface area contributed by atoms with Crippen molar-refractivity contribution in [2.75, 3.05) is 33.3 Å². The summed E-state index contributed by atoms with van der Waals surface area (Å²) in [7, 11) is 2.10. The Labute approximate surface area is 153 Å². The summed E-state index contributed by atoms with van der Waals surface area (Å²) in [5.41, 5.74) is 0. The molecule has 1 aliphatic rings. The van der Waals surface area contributed by atoms with E-state index in [0.717, 1.165) is 63.6 Å². The van der Waals surface area contributed by atoms with Gasteiger partial charge in [-0.3, -0.25) is 4.99 Å². The van der Waals surface area contributed by atoms with Crippen molar-refractivity contribution >= 4 is 17.3 Å². The molecule has 1 atom stereocenters. The fourth-order valence-corrected chi connectivity index (χ4v) is 3.58. The van der Waals surface area contributed by atoms with Crippen LogP contribution in [0.5, 0.6) is 0 Å². The normalized spacial score (nSPS) is 17.8. The van der Waals surface area contributed by atoms with E-state index < -0.39 is 0 Å². The highest BCUT2D eigenvalue weighted by atomic mass is 32.1. The number of hydrogen-bond acceptors (Lipinski definition) is 4. The number of likely N-dealkylation sites (N-methyl/N-ethyl adjacent to an activating group) is 1. The second kappa shape index (κ2) is 9.63. The minimum absolute atomic E-state index is 0.271. The van der Waals surface area contributed by atoms with Gasteiger partial charge in [0, 0.05) is 38.0 Å². The molecule has 136 valence electrons.